The number of benzene rings is 1. The molecule has 2 atom stereocenters. The smallest absolute Gasteiger partial charge is 0.115 e. The van der Waals surface area contributed by atoms with Gasteiger partial charge in [-0.1, -0.05) is 19.1 Å². The van der Waals surface area contributed by atoms with E-state index in [0.717, 1.165) is 25.3 Å². The lowest BCUT2D eigenvalue weighted by atomic mass is 10.1. The predicted molar refractivity (Wildman–Crippen MR) is 88.7 cm³/mol. The van der Waals surface area contributed by atoms with E-state index in [1.165, 1.54) is 38.0 Å². The monoisotopic (exact) mass is 290 g/mol. The zero-order chi connectivity index (χ0) is 15.1. The van der Waals surface area contributed by atoms with Crippen molar-refractivity contribution >= 4 is 0 Å². The van der Waals surface area contributed by atoms with E-state index < -0.39 is 0 Å². The summed E-state index contributed by atoms with van der Waals surface area (Å²) in [5.74, 6) is 1.07. The van der Waals surface area contributed by atoms with Gasteiger partial charge in [-0.05, 0) is 75.9 Å². The van der Waals surface area contributed by atoms with E-state index in [9.17, 15) is 5.11 Å². The first-order valence-corrected chi connectivity index (χ1v) is 8.37. The third-order valence-corrected chi connectivity index (χ3v) is 4.39. The summed E-state index contributed by atoms with van der Waals surface area (Å²) in [6.45, 7) is 9.54. The first-order valence-electron chi connectivity index (χ1n) is 8.37. The van der Waals surface area contributed by atoms with Crippen LogP contribution in [0.25, 0.3) is 0 Å². The van der Waals surface area contributed by atoms with Crippen LogP contribution in [-0.4, -0.2) is 42.2 Å². The van der Waals surface area contributed by atoms with Crippen LogP contribution in [0.5, 0.6) is 5.75 Å². The number of aromatic hydroxyl groups is 1. The molecule has 118 valence electrons. The average molecular weight is 290 g/mol. The average Bonchev–Trinajstić information content (AvgIpc) is 2.97. The molecule has 0 bridgehead atoms. The van der Waals surface area contributed by atoms with E-state index >= 15 is 0 Å². The minimum atomic E-state index is 0.348. The molecule has 2 rings (SSSR count). The Morgan fingerprint density at radius 3 is 2.48 bits per heavy atom. The van der Waals surface area contributed by atoms with Crippen molar-refractivity contribution in [3.63, 3.8) is 0 Å². The Labute approximate surface area is 129 Å². The standard InChI is InChI=1S/C18H30N2O/c1-15(14-20-11-3-4-12-20)13-19-16(2)5-6-17-7-9-18(21)10-8-17/h7-10,15-16,19,21H,3-6,11-14H2,1-2H3. The molecule has 0 spiro atoms. The van der Waals surface area contributed by atoms with Crippen molar-refractivity contribution in [2.75, 3.05) is 26.2 Å². The molecular weight excluding hydrogens is 260 g/mol. The van der Waals surface area contributed by atoms with Crippen LogP contribution in [0.3, 0.4) is 0 Å². The second-order valence-electron chi connectivity index (χ2n) is 6.63. The lowest BCUT2D eigenvalue weighted by molar-refractivity contribution is 0.278. The first kappa shape index (κ1) is 16.3. The second-order valence-corrected chi connectivity index (χ2v) is 6.63. The van der Waals surface area contributed by atoms with Gasteiger partial charge in [0.25, 0.3) is 0 Å². The van der Waals surface area contributed by atoms with Gasteiger partial charge in [-0.2, -0.15) is 0 Å². The van der Waals surface area contributed by atoms with Crippen molar-refractivity contribution in [2.24, 2.45) is 5.92 Å². The van der Waals surface area contributed by atoms with Gasteiger partial charge in [0.1, 0.15) is 5.75 Å². The molecule has 1 aromatic carbocycles. The van der Waals surface area contributed by atoms with Crippen molar-refractivity contribution in [1.29, 1.82) is 0 Å². The molecule has 2 N–H and O–H groups in total. The van der Waals surface area contributed by atoms with Gasteiger partial charge < -0.3 is 15.3 Å². The van der Waals surface area contributed by atoms with Gasteiger partial charge in [0.05, 0.1) is 0 Å². The Kier molecular flexibility index (Phi) is 6.52. The summed E-state index contributed by atoms with van der Waals surface area (Å²) in [5, 5.41) is 12.9. The number of hydrogen-bond donors (Lipinski definition) is 2. The number of likely N-dealkylation sites (tertiary alicyclic amines) is 1. The Morgan fingerprint density at radius 1 is 1.14 bits per heavy atom. The summed E-state index contributed by atoms with van der Waals surface area (Å²) in [4.78, 5) is 2.59. The lowest BCUT2D eigenvalue weighted by Gasteiger charge is -2.22. The number of rotatable bonds is 8. The highest BCUT2D eigenvalue weighted by atomic mass is 16.3. The fraction of sp³-hybridized carbons (Fsp3) is 0.667. The van der Waals surface area contributed by atoms with Crippen LogP contribution in [0, 0.1) is 5.92 Å². The van der Waals surface area contributed by atoms with Crippen molar-refractivity contribution in [3.05, 3.63) is 29.8 Å². The molecule has 0 aliphatic carbocycles. The van der Waals surface area contributed by atoms with E-state index in [0.29, 0.717) is 11.8 Å². The molecule has 2 unspecified atom stereocenters. The van der Waals surface area contributed by atoms with Crippen LogP contribution in [0.15, 0.2) is 24.3 Å². The maximum absolute atomic E-state index is 9.28. The summed E-state index contributed by atoms with van der Waals surface area (Å²) in [6, 6.07) is 8.10. The van der Waals surface area contributed by atoms with Crippen LogP contribution in [0.1, 0.15) is 38.7 Å². The topological polar surface area (TPSA) is 35.5 Å². The Bertz CT molecular complexity index is 398. The quantitative estimate of drug-likeness (QED) is 0.772. The molecule has 21 heavy (non-hydrogen) atoms. The fourth-order valence-electron chi connectivity index (χ4n) is 3.02. The van der Waals surface area contributed by atoms with Gasteiger partial charge >= 0.3 is 0 Å². The van der Waals surface area contributed by atoms with Gasteiger partial charge in [-0.3, -0.25) is 0 Å². The fourth-order valence-corrected chi connectivity index (χ4v) is 3.02. The molecule has 1 heterocycles. The number of aryl methyl sites for hydroxylation is 1. The highest BCUT2D eigenvalue weighted by molar-refractivity contribution is 5.25. The molecule has 3 nitrogen and oxygen atoms in total. The second kappa shape index (κ2) is 8.40. The maximum Gasteiger partial charge on any atom is 0.115 e. The number of nitrogens with zero attached hydrogens (tertiary/aromatic N) is 1. The predicted octanol–water partition coefficient (Wildman–Crippen LogP) is 3.03. The van der Waals surface area contributed by atoms with Crippen molar-refractivity contribution in [1.82, 2.24) is 10.2 Å². The molecule has 0 saturated carbocycles. The third kappa shape index (κ3) is 6.06. The zero-order valence-corrected chi connectivity index (χ0v) is 13.5. The summed E-state index contributed by atoms with van der Waals surface area (Å²) < 4.78 is 0. The van der Waals surface area contributed by atoms with Crippen LogP contribution in [0.2, 0.25) is 0 Å². The van der Waals surface area contributed by atoms with Gasteiger partial charge in [0, 0.05) is 12.6 Å². The van der Waals surface area contributed by atoms with Gasteiger partial charge in [-0.25, -0.2) is 0 Å². The number of hydrogen-bond acceptors (Lipinski definition) is 3. The highest BCUT2D eigenvalue weighted by Crippen LogP contribution is 2.12. The molecule has 0 radical (unpaired) electrons. The van der Waals surface area contributed by atoms with Crippen molar-refractivity contribution < 1.29 is 5.11 Å². The van der Waals surface area contributed by atoms with Crippen LogP contribution in [0.4, 0.5) is 0 Å². The zero-order valence-electron chi connectivity index (χ0n) is 13.5. The SMILES string of the molecule is CC(CNC(C)CCc1ccc(O)cc1)CN1CCCC1. The van der Waals surface area contributed by atoms with E-state index in [1.54, 1.807) is 12.1 Å². The number of nitrogens with one attached hydrogen (secondary N) is 1. The molecular formula is C18H30N2O. The van der Waals surface area contributed by atoms with Crippen molar-refractivity contribution in [3.8, 4) is 5.75 Å². The highest BCUT2D eigenvalue weighted by Gasteiger charge is 2.14. The maximum atomic E-state index is 9.28. The van der Waals surface area contributed by atoms with E-state index in [1.807, 2.05) is 12.1 Å². The minimum absolute atomic E-state index is 0.348. The van der Waals surface area contributed by atoms with Gasteiger partial charge in [-0.15, -0.1) is 0 Å². The number of phenolic OH excluding ortho intramolecular Hbond substituents is 1. The van der Waals surface area contributed by atoms with E-state index in [2.05, 4.69) is 24.1 Å². The largest absolute Gasteiger partial charge is 0.508 e. The third-order valence-electron chi connectivity index (χ3n) is 4.39. The summed E-state index contributed by atoms with van der Waals surface area (Å²) in [7, 11) is 0. The Balaban J connectivity index is 1.60. The van der Waals surface area contributed by atoms with Gasteiger partial charge in [0.2, 0.25) is 0 Å². The molecule has 1 aliphatic heterocycles. The number of phenols is 1. The van der Waals surface area contributed by atoms with Crippen molar-refractivity contribution in [2.45, 2.75) is 45.6 Å². The molecule has 1 aromatic rings. The molecule has 1 aliphatic rings. The summed E-state index contributed by atoms with van der Waals surface area (Å²) in [6.07, 6.45) is 4.96. The summed E-state index contributed by atoms with van der Waals surface area (Å²) in [5.41, 5.74) is 1.30. The molecule has 0 amide bonds. The van der Waals surface area contributed by atoms with Crippen LogP contribution in [-0.2, 0) is 6.42 Å². The molecule has 1 fully saturated rings. The first-order chi connectivity index (χ1) is 10.1. The van der Waals surface area contributed by atoms with Crippen LogP contribution >= 0.6 is 0 Å². The Morgan fingerprint density at radius 2 is 1.81 bits per heavy atom. The Hall–Kier alpha value is -1.06. The normalized spacial score (nSPS) is 18.8. The van der Waals surface area contributed by atoms with E-state index in [-0.39, 0.29) is 0 Å². The minimum Gasteiger partial charge on any atom is -0.508 e. The van der Waals surface area contributed by atoms with Gasteiger partial charge in [0.15, 0.2) is 0 Å². The van der Waals surface area contributed by atoms with Crippen LogP contribution < -0.4 is 5.32 Å². The molecule has 1 saturated heterocycles. The molecule has 3 heteroatoms. The van der Waals surface area contributed by atoms with E-state index in [4.69, 9.17) is 0 Å². The summed E-state index contributed by atoms with van der Waals surface area (Å²) >= 11 is 0. The lowest BCUT2D eigenvalue weighted by Crippen LogP contribution is -2.35. The molecule has 0 aromatic heterocycles.